The highest BCUT2D eigenvalue weighted by molar-refractivity contribution is 7.13. The van der Waals surface area contributed by atoms with Crippen LogP contribution in [-0.2, 0) is 9.53 Å². The summed E-state index contributed by atoms with van der Waals surface area (Å²) in [4.78, 5) is 27.4. The van der Waals surface area contributed by atoms with E-state index in [1.54, 1.807) is 13.3 Å². The standard InChI is InChI=1S/C16H21N5O2S/c1-11-18-12(9-14(19-11)20-16-17-6-8-24-16)13-5-3-4-7-21(13)15(22)10-23-2/h6,8-9,13H,3-5,7,10H2,1-2H3,(H,17,18,19,20)/t13-/m0/s1. The Morgan fingerprint density at radius 1 is 1.46 bits per heavy atom. The van der Waals surface area contributed by atoms with E-state index in [-0.39, 0.29) is 18.6 Å². The Hall–Kier alpha value is -2.06. The maximum Gasteiger partial charge on any atom is 0.249 e. The quantitative estimate of drug-likeness (QED) is 0.896. The molecule has 1 amide bonds. The average Bonchev–Trinajstić information content (AvgIpc) is 3.07. The Bertz CT molecular complexity index is 692. The summed E-state index contributed by atoms with van der Waals surface area (Å²) in [5.41, 5.74) is 0.866. The largest absolute Gasteiger partial charge is 0.375 e. The highest BCUT2D eigenvalue weighted by atomic mass is 32.1. The van der Waals surface area contributed by atoms with Crippen molar-refractivity contribution in [3.05, 3.63) is 29.2 Å². The van der Waals surface area contributed by atoms with E-state index in [1.807, 2.05) is 23.3 Å². The van der Waals surface area contributed by atoms with Crippen LogP contribution in [0.25, 0.3) is 0 Å². The highest BCUT2D eigenvalue weighted by Gasteiger charge is 2.29. The van der Waals surface area contributed by atoms with Crippen LogP contribution in [0.2, 0.25) is 0 Å². The van der Waals surface area contributed by atoms with E-state index in [0.717, 1.165) is 36.6 Å². The number of nitrogens with one attached hydrogen (secondary N) is 1. The molecule has 1 fully saturated rings. The van der Waals surface area contributed by atoms with Gasteiger partial charge in [0.2, 0.25) is 5.91 Å². The number of thiazole rings is 1. The maximum atomic E-state index is 12.3. The molecule has 3 heterocycles. The third kappa shape index (κ3) is 3.88. The molecule has 8 heteroatoms. The molecule has 1 saturated heterocycles. The van der Waals surface area contributed by atoms with Crippen molar-refractivity contribution in [2.45, 2.75) is 32.2 Å². The van der Waals surface area contributed by atoms with Crippen LogP contribution < -0.4 is 5.32 Å². The molecular weight excluding hydrogens is 326 g/mol. The predicted molar refractivity (Wildman–Crippen MR) is 92.3 cm³/mol. The Morgan fingerprint density at radius 3 is 3.08 bits per heavy atom. The zero-order chi connectivity index (χ0) is 16.9. The van der Waals surface area contributed by atoms with Crippen LogP contribution in [0, 0.1) is 6.92 Å². The monoisotopic (exact) mass is 347 g/mol. The number of amides is 1. The smallest absolute Gasteiger partial charge is 0.249 e. The summed E-state index contributed by atoms with van der Waals surface area (Å²) >= 11 is 1.51. The third-order valence-electron chi connectivity index (χ3n) is 3.96. The molecule has 7 nitrogen and oxygen atoms in total. The van der Waals surface area contributed by atoms with E-state index in [1.165, 1.54) is 11.3 Å². The number of aryl methyl sites for hydroxylation is 1. The molecule has 0 bridgehead atoms. The van der Waals surface area contributed by atoms with Gasteiger partial charge in [-0.25, -0.2) is 15.0 Å². The van der Waals surface area contributed by atoms with Crippen molar-refractivity contribution in [3.63, 3.8) is 0 Å². The number of methoxy groups -OCH3 is 1. The van der Waals surface area contributed by atoms with Gasteiger partial charge in [0.15, 0.2) is 5.13 Å². The van der Waals surface area contributed by atoms with Gasteiger partial charge in [0.05, 0.1) is 11.7 Å². The van der Waals surface area contributed by atoms with Gasteiger partial charge in [0.25, 0.3) is 0 Å². The maximum absolute atomic E-state index is 12.3. The second-order valence-corrected chi connectivity index (χ2v) is 6.61. The van der Waals surface area contributed by atoms with Gasteiger partial charge in [-0.05, 0) is 26.2 Å². The number of ether oxygens (including phenoxy) is 1. The number of rotatable bonds is 5. The molecule has 0 aromatic carbocycles. The number of hydrogen-bond donors (Lipinski definition) is 1. The number of carbonyl (C=O) groups is 1. The molecule has 0 radical (unpaired) electrons. The number of likely N-dealkylation sites (tertiary alicyclic amines) is 1. The number of nitrogens with zero attached hydrogens (tertiary/aromatic N) is 4. The van der Waals surface area contributed by atoms with E-state index in [2.05, 4.69) is 20.3 Å². The first-order chi connectivity index (χ1) is 11.7. The molecular formula is C16H21N5O2S. The van der Waals surface area contributed by atoms with Crippen LogP contribution in [0.3, 0.4) is 0 Å². The lowest BCUT2D eigenvalue weighted by Crippen LogP contribution is -2.40. The van der Waals surface area contributed by atoms with E-state index in [9.17, 15) is 4.79 Å². The molecule has 1 N–H and O–H groups in total. The first-order valence-electron chi connectivity index (χ1n) is 7.98. The van der Waals surface area contributed by atoms with Crippen molar-refractivity contribution in [2.75, 3.05) is 25.6 Å². The Kier molecular flexibility index (Phi) is 5.37. The predicted octanol–water partition coefficient (Wildman–Crippen LogP) is 2.69. The van der Waals surface area contributed by atoms with Gasteiger partial charge in [-0.1, -0.05) is 0 Å². The number of anilines is 2. The van der Waals surface area contributed by atoms with Crippen molar-refractivity contribution in [1.82, 2.24) is 19.9 Å². The van der Waals surface area contributed by atoms with Crippen molar-refractivity contribution < 1.29 is 9.53 Å². The topological polar surface area (TPSA) is 80.2 Å². The highest BCUT2D eigenvalue weighted by Crippen LogP contribution is 2.31. The van der Waals surface area contributed by atoms with Crippen molar-refractivity contribution in [1.29, 1.82) is 0 Å². The number of piperidine rings is 1. The summed E-state index contributed by atoms with van der Waals surface area (Å²) in [6.45, 7) is 2.70. The lowest BCUT2D eigenvalue weighted by atomic mass is 9.99. The lowest BCUT2D eigenvalue weighted by Gasteiger charge is -2.35. The minimum absolute atomic E-state index is 0.00731. The number of carbonyl (C=O) groups excluding carboxylic acids is 1. The third-order valence-corrected chi connectivity index (χ3v) is 4.65. The van der Waals surface area contributed by atoms with Crippen LogP contribution in [0.4, 0.5) is 10.9 Å². The van der Waals surface area contributed by atoms with Crippen LogP contribution in [0.15, 0.2) is 17.6 Å². The Balaban J connectivity index is 1.86. The number of hydrogen-bond acceptors (Lipinski definition) is 7. The van der Waals surface area contributed by atoms with Gasteiger partial charge in [-0.15, -0.1) is 11.3 Å². The fourth-order valence-corrected chi connectivity index (χ4v) is 3.50. The zero-order valence-electron chi connectivity index (χ0n) is 13.9. The van der Waals surface area contributed by atoms with Crippen LogP contribution in [0.5, 0.6) is 0 Å². The van der Waals surface area contributed by atoms with Gasteiger partial charge in [0.1, 0.15) is 18.2 Å². The van der Waals surface area contributed by atoms with E-state index >= 15 is 0 Å². The van der Waals surface area contributed by atoms with E-state index < -0.39 is 0 Å². The fraction of sp³-hybridized carbons (Fsp3) is 0.500. The van der Waals surface area contributed by atoms with Crippen molar-refractivity contribution >= 4 is 28.2 Å². The summed E-state index contributed by atoms with van der Waals surface area (Å²) in [6, 6.07) is 1.89. The lowest BCUT2D eigenvalue weighted by molar-refractivity contribution is -0.139. The Morgan fingerprint density at radius 2 is 2.33 bits per heavy atom. The molecule has 2 aromatic heterocycles. The van der Waals surface area contributed by atoms with Gasteiger partial charge >= 0.3 is 0 Å². The average molecular weight is 347 g/mol. The summed E-state index contributed by atoms with van der Waals surface area (Å²) in [5, 5.41) is 5.89. The first-order valence-corrected chi connectivity index (χ1v) is 8.86. The molecule has 2 aromatic rings. The van der Waals surface area contributed by atoms with Gasteiger partial charge < -0.3 is 15.0 Å². The second kappa shape index (κ2) is 7.67. The molecule has 24 heavy (non-hydrogen) atoms. The second-order valence-electron chi connectivity index (χ2n) is 5.72. The van der Waals surface area contributed by atoms with Gasteiger partial charge in [0, 0.05) is 31.3 Å². The molecule has 0 spiro atoms. The minimum atomic E-state index is -0.0278. The Labute approximate surface area is 145 Å². The molecule has 0 saturated carbocycles. The normalized spacial score (nSPS) is 17.8. The van der Waals surface area contributed by atoms with Gasteiger partial charge in [-0.3, -0.25) is 4.79 Å². The molecule has 128 valence electrons. The van der Waals surface area contributed by atoms with Crippen LogP contribution in [0.1, 0.15) is 36.8 Å². The summed E-state index contributed by atoms with van der Waals surface area (Å²) < 4.78 is 5.02. The molecule has 0 aliphatic carbocycles. The summed E-state index contributed by atoms with van der Waals surface area (Å²) in [6.07, 6.45) is 4.75. The van der Waals surface area contributed by atoms with Gasteiger partial charge in [-0.2, -0.15) is 0 Å². The first kappa shape index (κ1) is 16.8. The minimum Gasteiger partial charge on any atom is -0.375 e. The number of aromatic nitrogens is 3. The zero-order valence-corrected chi connectivity index (χ0v) is 14.7. The molecule has 0 unspecified atom stereocenters. The fourth-order valence-electron chi connectivity index (χ4n) is 2.96. The van der Waals surface area contributed by atoms with Crippen LogP contribution in [-0.4, -0.2) is 46.0 Å². The molecule has 3 rings (SSSR count). The summed E-state index contributed by atoms with van der Waals surface area (Å²) in [7, 11) is 1.54. The van der Waals surface area contributed by atoms with E-state index in [4.69, 9.17) is 4.74 Å². The molecule has 1 atom stereocenters. The summed E-state index contributed by atoms with van der Waals surface area (Å²) in [5.74, 6) is 1.39. The van der Waals surface area contributed by atoms with Crippen molar-refractivity contribution in [3.8, 4) is 0 Å². The molecule has 1 aliphatic rings. The SMILES string of the molecule is COCC(=O)N1CCCC[C@H]1c1cc(Nc2nccs2)nc(C)n1. The van der Waals surface area contributed by atoms with Crippen molar-refractivity contribution in [2.24, 2.45) is 0 Å². The molecule has 1 aliphatic heterocycles. The van der Waals surface area contributed by atoms with E-state index in [0.29, 0.717) is 11.6 Å². The van der Waals surface area contributed by atoms with Crippen LogP contribution >= 0.6 is 11.3 Å².